The molecule has 0 bridgehead atoms. The molecule has 4 unspecified atom stereocenters. The Morgan fingerprint density at radius 1 is 0.755 bits per heavy atom. The monoisotopic (exact) mass is 833 g/mol. The van der Waals surface area contributed by atoms with Gasteiger partial charge in [0.2, 0.25) is 0 Å². The first-order chi connectivity index (χ1) is 25.7. The van der Waals surface area contributed by atoms with Gasteiger partial charge in [-0.1, -0.05) is 83.3 Å². The number of imide groups is 1. The van der Waals surface area contributed by atoms with Crippen LogP contribution in [0.15, 0.2) is 84.9 Å². The molecule has 4 atom stereocenters. The number of carbonyl (C=O) groups is 2. The maximum atomic E-state index is 15.4. The Morgan fingerprint density at radius 2 is 1.34 bits per heavy atom. The minimum atomic E-state index is -1.17. The standard InChI is InChI=1S/C40H28F4IN3O5/c41-24-12-22-28(14-26(24)43)46-35-31(22)33-34(39(50)47-38(33)49)32-23-13-25(42)27(44)15-29(23)48(36(32)35)40-37(52-18-20-9-5-2-6-10-20)30(11-21(16-45)53-40)51-17-19-7-3-1-4-8-19/h1-10,12-15,21,30,37,40,46H,11,16-18H2,(H,47,49,50). The molecule has 0 aliphatic carbocycles. The van der Waals surface area contributed by atoms with Crippen LogP contribution in [-0.2, 0) is 27.4 Å². The smallest absolute Gasteiger partial charge is 0.259 e. The average molecular weight is 834 g/mol. The number of ether oxygens (including phenoxy) is 3. The van der Waals surface area contributed by atoms with Crippen molar-refractivity contribution in [2.24, 2.45) is 0 Å². The fourth-order valence-electron chi connectivity index (χ4n) is 7.74. The SMILES string of the molecule is O=C1NC(=O)c2c1c1c3cc(F)c(F)cc3[nH]c1c1c2c2cc(F)c(F)cc2n1C1OC(CI)CC(OCc2ccccc2)C1OCc1ccccc1. The number of halogens is 5. The van der Waals surface area contributed by atoms with Crippen LogP contribution in [0.2, 0.25) is 0 Å². The molecule has 8 nitrogen and oxygen atoms in total. The Bertz CT molecular complexity index is 2610. The number of carbonyl (C=O) groups excluding carboxylic acids is 2. The van der Waals surface area contributed by atoms with Crippen LogP contribution in [0.4, 0.5) is 17.6 Å². The molecule has 4 heterocycles. The minimum absolute atomic E-state index is 0.0887. The lowest BCUT2D eigenvalue weighted by Crippen LogP contribution is -2.48. The van der Waals surface area contributed by atoms with Gasteiger partial charge in [0.1, 0.15) is 6.10 Å². The first-order valence-corrected chi connectivity index (χ1v) is 18.4. The largest absolute Gasteiger partial charge is 0.371 e. The Balaban J connectivity index is 1.35. The molecule has 2 N–H and O–H groups in total. The van der Waals surface area contributed by atoms with E-state index in [1.54, 1.807) is 4.57 Å². The Labute approximate surface area is 312 Å². The zero-order valence-electron chi connectivity index (χ0n) is 27.6. The second kappa shape index (κ2) is 13.2. The molecule has 9 rings (SSSR count). The van der Waals surface area contributed by atoms with E-state index in [1.807, 2.05) is 60.7 Å². The van der Waals surface area contributed by atoms with Gasteiger partial charge in [-0.2, -0.15) is 0 Å². The van der Waals surface area contributed by atoms with Crippen LogP contribution in [-0.4, -0.2) is 44.1 Å². The predicted molar refractivity (Wildman–Crippen MR) is 198 cm³/mol. The van der Waals surface area contributed by atoms with E-state index < -0.39 is 59.6 Å². The number of alkyl halides is 1. The molecular formula is C40H28F4IN3O5. The van der Waals surface area contributed by atoms with Gasteiger partial charge in [0, 0.05) is 50.0 Å². The van der Waals surface area contributed by atoms with Crippen LogP contribution in [0.5, 0.6) is 0 Å². The maximum absolute atomic E-state index is 15.4. The number of nitrogens with one attached hydrogen (secondary N) is 2. The summed E-state index contributed by atoms with van der Waals surface area (Å²) in [6.07, 6.45) is -2.45. The summed E-state index contributed by atoms with van der Waals surface area (Å²) in [5, 5.41) is 2.88. The van der Waals surface area contributed by atoms with E-state index in [4.69, 9.17) is 14.2 Å². The average Bonchev–Trinajstić information content (AvgIpc) is 3.78. The summed E-state index contributed by atoms with van der Waals surface area (Å²) in [6, 6.07) is 23.0. The molecule has 268 valence electrons. The molecule has 0 spiro atoms. The molecule has 13 heteroatoms. The molecule has 53 heavy (non-hydrogen) atoms. The van der Waals surface area contributed by atoms with E-state index in [2.05, 4.69) is 32.9 Å². The summed E-state index contributed by atoms with van der Waals surface area (Å²) in [5.74, 6) is -6.15. The number of H-pyrrole nitrogens is 1. The summed E-state index contributed by atoms with van der Waals surface area (Å²) in [5.41, 5.74) is 2.35. The van der Waals surface area contributed by atoms with Crippen molar-refractivity contribution < 1.29 is 41.4 Å². The van der Waals surface area contributed by atoms with Gasteiger partial charge < -0.3 is 23.8 Å². The Hall–Kier alpha value is -4.83. The van der Waals surface area contributed by atoms with E-state index in [1.165, 1.54) is 0 Å². The van der Waals surface area contributed by atoms with Crippen molar-refractivity contribution in [2.75, 3.05) is 4.43 Å². The highest BCUT2D eigenvalue weighted by Crippen LogP contribution is 2.47. The number of nitrogens with zero attached hydrogens (tertiary/aromatic N) is 1. The highest BCUT2D eigenvalue weighted by atomic mass is 127. The Morgan fingerprint density at radius 3 is 2.00 bits per heavy atom. The van der Waals surface area contributed by atoms with Crippen LogP contribution in [0.25, 0.3) is 43.6 Å². The molecule has 2 aliphatic heterocycles. The van der Waals surface area contributed by atoms with Gasteiger partial charge in [0.15, 0.2) is 29.5 Å². The van der Waals surface area contributed by atoms with Gasteiger partial charge in [0.05, 0.1) is 53.1 Å². The molecule has 1 saturated heterocycles. The maximum Gasteiger partial charge on any atom is 0.259 e. The summed E-state index contributed by atoms with van der Waals surface area (Å²) < 4.78 is 82.4. The van der Waals surface area contributed by atoms with Gasteiger partial charge in [-0.25, -0.2) is 17.6 Å². The van der Waals surface area contributed by atoms with Crippen LogP contribution < -0.4 is 5.32 Å². The molecule has 2 aliphatic rings. The van der Waals surface area contributed by atoms with Crippen LogP contribution in [0.1, 0.15) is 44.5 Å². The fourth-order valence-corrected chi connectivity index (χ4v) is 8.30. The quantitative estimate of drug-likeness (QED) is 0.0692. The van der Waals surface area contributed by atoms with Crippen molar-refractivity contribution >= 4 is 78.0 Å². The molecule has 0 saturated carbocycles. The normalized spacial score (nSPS) is 20.2. The van der Waals surface area contributed by atoms with E-state index in [0.29, 0.717) is 10.8 Å². The highest BCUT2D eigenvalue weighted by Gasteiger charge is 2.44. The molecule has 7 aromatic rings. The van der Waals surface area contributed by atoms with Crippen molar-refractivity contribution in [1.29, 1.82) is 0 Å². The summed E-state index contributed by atoms with van der Waals surface area (Å²) in [6.45, 7) is 0.405. The third-order valence-electron chi connectivity index (χ3n) is 10.0. The molecule has 1 fully saturated rings. The van der Waals surface area contributed by atoms with Crippen molar-refractivity contribution in [2.45, 2.75) is 44.2 Å². The van der Waals surface area contributed by atoms with Crippen LogP contribution in [0.3, 0.4) is 0 Å². The fraction of sp³-hybridized carbons (Fsp3) is 0.200. The van der Waals surface area contributed by atoms with Crippen LogP contribution >= 0.6 is 22.6 Å². The van der Waals surface area contributed by atoms with Crippen molar-refractivity contribution in [3.63, 3.8) is 0 Å². The summed E-state index contributed by atoms with van der Waals surface area (Å²) in [4.78, 5) is 30.3. The lowest BCUT2D eigenvalue weighted by atomic mass is 9.96. The van der Waals surface area contributed by atoms with Gasteiger partial charge in [-0.05, 0) is 23.3 Å². The number of amides is 2. The van der Waals surface area contributed by atoms with Gasteiger partial charge in [0.25, 0.3) is 11.8 Å². The predicted octanol–water partition coefficient (Wildman–Crippen LogP) is 8.76. The van der Waals surface area contributed by atoms with Crippen molar-refractivity contribution in [1.82, 2.24) is 14.9 Å². The zero-order valence-corrected chi connectivity index (χ0v) is 29.8. The lowest BCUT2D eigenvalue weighted by Gasteiger charge is -2.42. The number of benzene rings is 5. The first kappa shape index (κ1) is 34.0. The van der Waals surface area contributed by atoms with Crippen LogP contribution in [0, 0.1) is 23.3 Å². The third kappa shape index (κ3) is 5.59. The second-order valence-electron chi connectivity index (χ2n) is 13.2. The molecule has 0 radical (unpaired) electrons. The highest BCUT2D eigenvalue weighted by molar-refractivity contribution is 14.1. The number of aromatic amines is 1. The lowest BCUT2D eigenvalue weighted by molar-refractivity contribution is -0.224. The van der Waals surface area contributed by atoms with E-state index in [9.17, 15) is 18.4 Å². The summed E-state index contributed by atoms with van der Waals surface area (Å²) >= 11 is 2.22. The van der Waals surface area contributed by atoms with Gasteiger partial charge in [-0.3, -0.25) is 14.9 Å². The Kier molecular flexibility index (Phi) is 8.48. The zero-order chi connectivity index (χ0) is 36.5. The number of hydrogen-bond acceptors (Lipinski definition) is 5. The molecular weight excluding hydrogens is 805 g/mol. The third-order valence-corrected chi connectivity index (χ3v) is 11.0. The van der Waals surface area contributed by atoms with Crippen molar-refractivity contribution in [3.05, 3.63) is 130 Å². The van der Waals surface area contributed by atoms with Crippen molar-refractivity contribution in [3.8, 4) is 0 Å². The second-order valence-corrected chi connectivity index (χ2v) is 14.1. The first-order valence-electron chi connectivity index (χ1n) is 16.9. The number of aromatic nitrogens is 2. The topological polar surface area (TPSA) is 94.6 Å². The van der Waals surface area contributed by atoms with E-state index in [0.717, 1.165) is 35.4 Å². The molecule has 2 aromatic heterocycles. The van der Waals surface area contributed by atoms with E-state index in [-0.39, 0.29) is 68.0 Å². The van der Waals surface area contributed by atoms with Gasteiger partial charge >= 0.3 is 0 Å². The van der Waals surface area contributed by atoms with E-state index >= 15 is 8.78 Å². The molecule has 2 amide bonds. The van der Waals surface area contributed by atoms with Gasteiger partial charge in [-0.15, -0.1) is 0 Å². The summed E-state index contributed by atoms with van der Waals surface area (Å²) in [7, 11) is 0. The molecule has 5 aromatic carbocycles. The number of hydrogen-bond donors (Lipinski definition) is 2. The minimum Gasteiger partial charge on any atom is -0.371 e. The number of fused-ring (bicyclic) bond motifs is 10. The number of rotatable bonds is 8.